The van der Waals surface area contributed by atoms with Gasteiger partial charge in [0.1, 0.15) is 0 Å². The number of nitrogens with one attached hydrogen (secondary N) is 2. The molecule has 0 aliphatic rings. The number of hydrogen-bond donors (Lipinski definition) is 2. The van der Waals surface area contributed by atoms with Crippen molar-refractivity contribution < 1.29 is 9.59 Å². The lowest BCUT2D eigenvalue weighted by molar-refractivity contribution is -0.121. The van der Waals surface area contributed by atoms with Crippen molar-refractivity contribution in [3.8, 4) is 0 Å². The van der Waals surface area contributed by atoms with Gasteiger partial charge < -0.3 is 20.4 Å². The molecule has 0 spiro atoms. The fourth-order valence-electron chi connectivity index (χ4n) is 3.24. The van der Waals surface area contributed by atoms with Crippen LogP contribution in [0.4, 0.5) is 0 Å². The second kappa shape index (κ2) is 36.6. The lowest BCUT2D eigenvalue weighted by Crippen LogP contribution is -2.26. The Labute approximate surface area is 246 Å². The average molecular weight is 579 g/mol. The molecule has 230 valence electrons. The third-order valence-electron chi connectivity index (χ3n) is 5.11. The highest BCUT2D eigenvalue weighted by molar-refractivity contribution is 8.76. The monoisotopic (exact) mass is 578 g/mol. The summed E-state index contributed by atoms with van der Waals surface area (Å²) in [5.74, 6) is 2.21. The Kier molecular flexibility index (Phi) is 40.4. The van der Waals surface area contributed by atoms with Crippen LogP contribution in [0.2, 0.25) is 0 Å². The van der Waals surface area contributed by atoms with Crippen LogP contribution < -0.4 is 10.6 Å². The van der Waals surface area contributed by atoms with Crippen LogP contribution in [0.3, 0.4) is 0 Å². The molecule has 0 saturated heterocycles. The Hall–Kier alpha value is -0.440. The van der Waals surface area contributed by atoms with E-state index in [4.69, 9.17) is 0 Å². The smallest absolute Gasteiger partial charge is 0.220 e. The third-order valence-corrected chi connectivity index (χ3v) is 7.52. The predicted molar refractivity (Wildman–Crippen MR) is 175 cm³/mol. The normalized spacial score (nSPS) is 10.5. The van der Waals surface area contributed by atoms with Gasteiger partial charge >= 0.3 is 0 Å². The van der Waals surface area contributed by atoms with Crippen molar-refractivity contribution in [2.24, 2.45) is 0 Å². The molecule has 6 nitrogen and oxygen atoms in total. The molecule has 0 aliphatic heterocycles. The largest absolute Gasteiger partial charge is 0.355 e. The van der Waals surface area contributed by atoms with Crippen molar-refractivity contribution in [2.45, 2.75) is 117 Å². The van der Waals surface area contributed by atoms with Gasteiger partial charge in [0.25, 0.3) is 0 Å². The fraction of sp³-hybridized carbons (Fsp3) is 0.933. The van der Waals surface area contributed by atoms with E-state index >= 15 is 0 Å². The summed E-state index contributed by atoms with van der Waals surface area (Å²) in [5, 5.41) is 6.01. The fourth-order valence-corrected chi connectivity index (χ4v) is 5.06. The molecule has 2 amide bonds. The summed E-state index contributed by atoms with van der Waals surface area (Å²) in [4.78, 5) is 27.6. The maximum atomic E-state index is 11.8. The van der Waals surface area contributed by atoms with Crippen LogP contribution in [0, 0.1) is 0 Å². The zero-order valence-corrected chi connectivity index (χ0v) is 28.3. The molecule has 0 atom stereocenters. The van der Waals surface area contributed by atoms with Gasteiger partial charge in [-0.1, -0.05) is 112 Å². The van der Waals surface area contributed by atoms with Crippen LogP contribution in [0.15, 0.2) is 0 Å². The van der Waals surface area contributed by atoms with Gasteiger partial charge in [-0.2, -0.15) is 0 Å². The molecule has 2 N–H and O–H groups in total. The van der Waals surface area contributed by atoms with Crippen molar-refractivity contribution in [3.63, 3.8) is 0 Å². The van der Waals surface area contributed by atoms with Crippen LogP contribution >= 0.6 is 21.6 Å². The highest BCUT2D eigenvalue weighted by atomic mass is 33.1. The van der Waals surface area contributed by atoms with Gasteiger partial charge in [-0.3, -0.25) is 9.59 Å². The van der Waals surface area contributed by atoms with Crippen LogP contribution in [0.25, 0.3) is 0 Å². The summed E-state index contributed by atoms with van der Waals surface area (Å²) < 4.78 is 0. The van der Waals surface area contributed by atoms with E-state index in [0.29, 0.717) is 12.8 Å². The zero-order valence-electron chi connectivity index (χ0n) is 26.7. The molecule has 0 fully saturated rings. The molecule has 0 aliphatic carbocycles. The summed E-state index contributed by atoms with van der Waals surface area (Å²) in [6, 6.07) is 0. The van der Waals surface area contributed by atoms with Gasteiger partial charge in [0.05, 0.1) is 0 Å². The number of rotatable bonds is 23. The summed E-state index contributed by atoms with van der Waals surface area (Å²) in [7, 11) is 15.5. The number of nitrogens with zero attached hydrogens (tertiary/aromatic N) is 2. The molecule has 0 bridgehead atoms. The number of carbonyl (C=O) groups is 2. The molecule has 38 heavy (non-hydrogen) atoms. The summed E-state index contributed by atoms with van der Waals surface area (Å²) in [6.45, 7) is 5.94. The molecule has 0 saturated carbocycles. The first-order chi connectivity index (χ1) is 18.2. The number of unbranched alkanes of at least 4 members (excludes halogenated alkanes) is 12. The maximum Gasteiger partial charge on any atom is 0.220 e. The first-order valence-corrected chi connectivity index (χ1v) is 17.7. The van der Waals surface area contributed by atoms with E-state index in [1.54, 1.807) is 21.6 Å². The minimum absolute atomic E-state index is 0.187. The average Bonchev–Trinajstić information content (AvgIpc) is 2.84. The molecular weight excluding hydrogens is 512 g/mol. The summed E-state index contributed by atoms with van der Waals surface area (Å²) >= 11 is 0. The first kappa shape index (κ1) is 42.0. The molecule has 0 radical (unpaired) electrons. The SMILES string of the molecule is CCCCCCCCCC(=O)NCCSSCCNC(=O)CCCCCCCCC.CN(C)C.CN(C)C. The molecular formula is C30H66N4O2S2. The molecule has 0 heterocycles. The van der Waals surface area contributed by atoms with Crippen LogP contribution in [0.5, 0.6) is 0 Å². The van der Waals surface area contributed by atoms with E-state index in [1.807, 2.05) is 52.1 Å². The molecule has 0 aromatic carbocycles. The van der Waals surface area contributed by atoms with Gasteiger partial charge in [0.15, 0.2) is 0 Å². The molecule has 0 aromatic rings. The standard InChI is InChI=1S/C24H48N2O2S2.2C3H9N/c1-3-5-7-9-11-13-15-17-23(27)25-19-21-29-30-22-20-26-24(28)18-16-14-12-10-8-6-4-2;2*1-4(2)3/h3-22H2,1-2H3,(H,25,27)(H,26,28);2*1-3H3. The Balaban J connectivity index is -0.00000133. The van der Waals surface area contributed by atoms with Crippen molar-refractivity contribution in [1.82, 2.24) is 20.4 Å². The summed E-state index contributed by atoms with van der Waals surface area (Å²) in [6.07, 6.45) is 18.7. The van der Waals surface area contributed by atoms with Crippen LogP contribution in [-0.2, 0) is 9.59 Å². The van der Waals surface area contributed by atoms with Gasteiger partial charge in [-0.25, -0.2) is 0 Å². The van der Waals surface area contributed by atoms with Crippen molar-refractivity contribution in [3.05, 3.63) is 0 Å². The number of carbonyl (C=O) groups excluding carboxylic acids is 2. The second-order valence-electron chi connectivity index (χ2n) is 10.8. The van der Waals surface area contributed by atoms with E-state index in [0.717, 1.165) is 37.4 Å². The lowest BCUT2D eigenvalue weighted by atomic mass is 10.1. The Morgan fingerprint density at radius 2 is 0.763 bits per heavy atom. The predicted octanol–water partition coefficient (Wildman–Crippen LogP) is 7.24. The molecule has 0 rings (SSSR count). The number of amides is 2. The number of hydrogen-bond acceptors (Lipinski definition) is 6. The second-order valence-corrected chi connectivity index (χ2v) is 13.5. The molecule has 8 heteroatoms. The minimum atomic E-state index is 0.187. The Bertz CT molecular complexity index is 434. The molecule has 0 unspecified atom stereocenters. The Morgan fingerprint density at radius 3 is 1.05 bits per heavy atom. The van der Waals surface area contributed by atoms with Gasteiger partial charge in [0.2, 0.25) is 11.8 Å². The van der Waals surface area contributed by atoms with Gasteiger partial charge in [-0.05, 0) is 55.1 Å². The third kappa shape index (κ3) is 52.1. The van der Waals surface area contributed by atoms with Crippen molar-refractivity contribution in [1.29, 1.82) is 0 Å². The van der Waals surface area contributed by atoms with E-state index in [9.17, 15) is 9.59 Å². The van der Waals surface area contributed by atoms with Crippen molar-refractivity contribution in [2.75, 3.05) is 66.9 Å². The van der Waals surface area contributed by atoms with Crippen LogP contribution in [-0.4, -0.2) is 88.5 Å². The highest BCUT2D eigenvalue weighted by Gasteiger charge is 2.02. The van der Waals surface area contributed by atoms with Gasteiger partial charge in [0, 0.05) is 37.4 Å². The highest BCUT2D eigenvalue weighted by Crippen LogP contribution is 2.19. The quantitative estimate of drug-likeness (QED) is 0.0984. The van der Waals surface area contributed by atoms with Crippen LogP contribution in [0.1, 0.15) is 117 Å². The van der Waals surface area contributed by atoms with Gasteiger partial charge in [-0.15, -0.1) is 0 Å². The minimum Gasteiger partial charge on any atom is -0.355 e. The van der Waals surface area contributed by atoms with E-state index in [-0.39, 0.29) is 11.8 Å². The topological polar surface area (TPSA) is 64.7 Å². The van der Waals surface area contributed by atoms with E-state index in [1.165, 1.54) is 77.0 Å². The Morgan fingerprint density at radius 1 is 0.500 bits per heavy atom. The van der Waals surface area contributed by atoms with Crippen molar-refractivity contribution >= 4 is 33.4 Å². The lowest BCUT2D eigenvalue weighted by Gasteiger charge is -2.06. The summed E-state index contributed by atoms with van der Waals surface area (Å²) in [5.41, 5.74) is 0. The maximum absolute atomic E-state index is 11.8. The van der Waals surface area contributed by atoms with E-state index in [2.05, 4.69) is 24.5 Å². The first-order valence-electron chi connectivity index (χ1n) is 15.2. The zero-order chi connectivity index (χ0) is 29.3. The molecule has 0 aromatic heterocycles. The van der Waals surface area contributed by atoms with E-state index < -0.39 is 0 Å².